The lowest BCUT2D eigenvalue weighted by Gasteiger charge is -2.35. The van der Waals surface area contributed by atoms with Crippen molar-refractivity contribution in [2.75, 3.05) is 6.54 Å². The minimum Gasteiger partial charge on any atom is -0.392 e. The molecule has 0 aliphatic heterocycles. The Bertz CT molecular complexity index is 560. The van der Waals surface area contributed by atoms with Gasteiger partial charge in [0.1, 0.15) is 0 Å². The van der Waals surface area contributed by atoms with Crippen LogP contribution in [0.2, 0.25) is 0 Å². The van der Waals surface area contributed by atoms with Gasteiger partial charge >= 0.3 is 0 Å². The summed E-state index contributed by atoms with van der Waals surface area (Å²) in [5, 5.41) is 12.7. The first kappa shape index (κ1) is 13.1. The maximum absolute atomic E-state index is 10.6. The van der Waals surface area contributed by atoms with E-state index in [1.165, 1.54) is 0 Å². The lowest BCUT2D eigenvalue weighted by molar-refractivity contribution is -0.00502. The van der Waals surface area contributed by atoms with Gasteiger partial charge in [-0.2, -0.15) is 0 Å². The number of nitrogens with two attached hydrogens (primary N) is 1. The predicted molar refractivity (Wildman–Crippen MR) is 77.3 cm³/mol. The van der Waals surface area contributed by atoms with Crippen molar-refractivity contribution >= 4 is 16.3 Å². The molecular weight excluding hydrogens is 258 g/mol. The molecule has 2 unspecified atom stereocenters. The van der Waals surface area contributed by atoms with Crippen LogP contribution in [0.3, 0.4) is 0 Å². The van der Waals surface area contributed by atoms with Crippen molar-refractivity contribution in [3.8, 4) is 0 Å². The van der Waals surface area contributed by atoms with Gasteiger partial charge in [-0.25, -0.2) is 4.98 Å². The number of fused-ring (bicyclic) bond motifs is 1. The topological polar surface area (TPSA) is 63.5 Å². The summed E-state index contributed by atoms with van der Waals surface area (Å²) in [5.74, 6) is 0. The maximum Gasteiger partial charge on any atom is 0.193 e. The number of thiazole rings is 1. The van der Waals surface area contributed by atoms with Crippen LogP contribution in [0, 0.1) is 10.8 Å². The minimum absolute atomic E-state index is 0.0452. The van der Waals surface area contributed by atoms with Crippen LogP contribution in [0.4, 0.5) is 0 Å². The van der Waals surface area contributed by atoms with Gasteiger partial charge in [-0.3, -0.25) is 4.40 Å². The molecule has 0 amide bonds. The van der Waals surface area contributed by atoms with E-state index < -0.39 is 0 Å². The highest BCUT2D eigenvalue weighted by Crippen LogP contribution is 2.50. The van der Waals surface area contributed by atoms with Gasteiger partial charge in [0.15, 0.2) is 4.96 Å². The Kier molecular flexibility index (Phi) is 2.96. The highest BCUT2D eigenvalue weighted by molar-refractivity contribution is 7.15. The molecule has 1 fully saturated rings. The molecule has 4 nitrogen and oxygen atoms in total. The summed E-state index contributed by atoms with van der Waals surface area (Å²) >= 11 is 1.63. The third-order valence-electron chi connectivity index (χ3n) is 4.67. The van der Waals surface area contributed by atoms with Crippen molar-refractivity contribution in [1.82, 2.24) is 9.38 Å². The van der Waals surface area contributed by atoms with E-state index in [1.54, 1.807) is 11.3 Å². The molecule has 0 spiro atoms. The normalized spacial score (nSPS) is 30.2. The molecule has 0 bridgehead atoms. The van der Waals surface area contributed by atoms with Gasteiger partial charge in [-0.05, 0) is 18.3 Å². The zero-order valence-corrected chi connectivity index (χ0v) is 12.3. The molecule has 3 rings (SSSR count). The number of aliphatic hydroxyl groups is 1. The highest BCUT2D eigenvalue weighted by atomic mass is 32.1. The van der Waals surface area contributed by atoms with Crippen molar-refractivity contribution in [2.24, 2.45) is 16.6 Å². The summed E-state index contributed by atoms with van der Waals surface area (Å²) in [4.78, 5) is 5.63. The SMILES string of the molecule is CC1(C)CCC(CN)(Cc2cn3ccsc3n2)C1O. The molecule has 5 heteroatoms. The van der Waals surface area contributed by atoms with Crippen LogP contribution in [0.5, 0.6) is 0 Å². The second-order valence-corrected chi connectivity index (χ2v) is 7.33. The molecule has 2 aromatic rings. The van der Waals surface area contributed by atoms with Gasteiger partial charge < -0.3 is 10.8 Å². The molecule has 0 saturated heterocycles. The van der Waals surface area contributed by atoms with E-state index in [4.69, 9.17) is 5.73 Å². The Morgan fingerprint density at radius 1 is 1.53 bits per heavy atom. The third-order valence-corrected chi connectivity index (χ3v) is 5.44. The Balaban J connectivity index is 1.89. The van der Waals surface area contributed by atoms with Gasteiger partial charge in [0.2, 0.25) is 0 Å². The fourth-order valence-electron chi connectivity index (χ4n) is 3.37. The Morgan fingerprint density at radius 3 is 2.89 bits per heavy atom. The van der Waals surface area contributed by atoms with Crippen LogP contribution in [0.25, 0.3) is 4.96 Å². The third kappa shape index (κ3) is 2.00. The standard InChI is InChI=1S/C14H21N3OS/c1-13(2)3-4-14(9-15,11(13)18)7-10-8-17-5-6-19-12(17)16-10/h5-6,8,11,18H,3-4,7,9,15H2,1-2H3. The van der Waals surface area contributed by atoms with E-state index in [1.807, 2.05) is 16.0 Å². The van der Waals surface area contributed by atoms with Gasteiger partial charge in [-0.1, -0.05) is 13.8 Å². The van der Waals surface area contributed by atoms with Crippen LogP contribution in [0.1, 0.15) is 32.4 Å². The van der Waals surface area contributed by atoms with E-state index >= 15 is 0 Å². The van der Waals surface area contributed by atoms with E-state index in [-0.39, 0.29) is 16.9 Å². The number of aliphatic hydroxyl groups excluding tert-OH is 1. The number of rotatable bonds is 3. The highest BCUT2D eigenvalue weighted by Gasteiger charge is 2.51. The molecule has 0 radical (unpaired) electrons. The first-order chi connectivity index (χ1) is 8.97. The molecule has 2 atom stereocenters. The maximum atomic E-state index is 10.6. The molecule has 2 heterocycles. The van der Waals surface area contributed by atoms with E-state index in [0.29, 0.717) is 6.54 Å². The Hall–Kier alpha value is -0.910. The summed E-state index contributed by atoms with van der Waals surface area (Å²) in [6, 6.07) is 0. The van der Waals surface area contributed by atoms with E-state index in [0.717, 1.165) is 29.9 Å². The summed E-state index contributed by atoms with van der Waals surface area (Å²) < 4.78 is 2.04. The molecule has 2 aromatic heterocycles. The number of hydrogen-bond donors (Lipinski definition) is 2. The molecule has 0 aromatic carbocycles. The number of hydrogen-bond acceptors (Lipinski definition) is 4. The minimum atomic E-state index is -0.357. The lowest BCUT2D eigenvalue weighted by atomic mass is 9.75. The van der Waals surface area contributed by atoms with Crippen LogP contribution < -0.4 is 5.73 Å². The Labute approximate surface area is 117 Å². The molecule has 1 aliphatic rings. The van der Waals surface area contributed by atoms with Gasteiger partial charge in [0.05, 0.1) is 11.8 Å². The van der Waals surface area contributed by atoms with Gasteiger partial charge in [0, 0.05) is 36.2 Å². The van der Waals surface area contributed by atoms with Crippen LogP contribution in [0.15, 0.2) is 17.8 Å². The smallest absolute Gasteiger partial charge is 0.193 e. The molecule has 1 aliphatic carbocycles. The first-order valence-electron chi connectivity index (χ1n) is 6.76. The number of aromatic nitrogens is 2. The summed E-state index contributed by atoms with van der Waals surface area (Å²) in [6.07, 6.45) is 6.48. The predicted octanol–water partition coefficient (Wildman–Crippen LogP) is 2.06. The number of imidazole rings is 1. The number of nitrogens with zero attached hydrogens (tertiary/aromatic N) is 2. The van der Waals surface area contributed by atoms with Crippen LogP contribution in [-0.4, -0.2) is 27.1 Å². The van der Waals surface area contributed by atoms with Crippen molar-refractivity contribution in [3.05, 3.63) is 23.5 Å². The molecule has 19 heavy (non-hydrogen) atoms. The van der Waals surface area contributed by atoms with Gasteiger partial charge in [-0.15, -0.1) is 11.3 Å². The molecular formula is C14H21N3OS. The average Bonchev–Trinajstić information content (AvgIpc) is 2.99. The molecule has 104 valence electrons. The summed E-state index contributed by atoms with van der Waals surface area (Å²) in [5.41, 5.74) is 6.78. The van der Waals surface area contributed by atoms with Crippen LogP contribution >= 0.6 is 11.3 Å². The van der Waals surface area contributed by atoms with E-state index in [9.17, 15) is 5.11 Å². The van der Waals surface area contributed by atoms with Crippen molar-refractivity contribution in [2.45, 2.75) is 39.2 Å². The van der Waals surface area contributed by atoms with Crippen LogP contribution in [-0.2, 0) is 6.42 Å². The summed E-state index contributed by atoms with van der Waals surface area (Å²) in [6.45, 7) is 4.77. The van der Waals surface area contributed by atoms with Crippen molar-refractivity contribution in [3.63, 3.8) is 0 Å². The zero-order valence-electron chi connectivity index (χ0n) is 11.5. The summed E-state index contributed by atoms with van der Waals surface area (Å²) in [7, 11) is 0. The van der Waals surface area contributed by atoms with Crippen molar-refractivity contribution < 1.29 is 5.11 Å². The monoisotopic (exact) mass is 279 g/mol. The fraction of sp³-hybridized carbons (Fsp3) is 0.643. The lowest BCUT2D eigenvalue weighted by Crippen LogP contribution is -2.44. The second kappa shape index (κ2) is 4.30. The fourth-order valence-corrected chi connectivity index (χ4v) is 4.09. The van der Waals surface area contributed by atoms with Gasteiger partial charge in [0.25, 0.3) is 0 Å². The van der Waals surface area contributed by atoms with E-state index in [2.05, 4.69) is 25.0 Å². The zero-order chi connectivity index (χ0) is 13.7. The quantitative estimate of drug-likeness (QED) is 0.904. The average molecular weight is 279 g/mol. The largest absolute Gasteiger partial charge is 0.392 e. The molecule has 3 N–H and O–H groups in total. The second-order valence-electron chi connectivity index (χ2n) is 6.46. The van der Waals surface area contributed by atoms with Crippen molar-refractivity contribution in [1.29, 1.82) is 0 Å². The Morgan fingerprint density at radius 2 is 2.32 bits per heavy atom. The molecule has 1 saturated carbocycles. The first-order valence-corrected chi connectivity index (χ1v) is 7.64.